The summed E-state index contributed by atoms with van der Waals surface area (Å²) in [5.74, 6) is 0.787. The Morgan fingerprint density at radius 3 is 2.38 bits per heavy atom. The van der Waals surface area contributed by atoms with Gasteiger partial charge in [-0.1, -0.05) is 53.0 Å². The fraction of sp³-hybridized carbons (Fsp3) is 0.333. The zero-order valence-corrected chi connectivity index (χ0v) is 13.4. The highest BCUT2D eigenvalue weighted by molar-refractivity contribution is 6.40. The van der Waals surface area contributed by atoms with Crippen LogP contribution in [0.15, 0.2) is 24.3 Å². The first-order valence-electron chi connectivity index (χ1n) is 6.72. The van der Waals surface area contributed by atoms with Crippen molar-refractivity contribution in [2.24, 2.45) is 0 Å². The van der Waals surface area contributed by atoms with E-state index in [1.807, 2.05) is 18.2 Å². The van der Waals surface area contributed by atoms with Crippen molar-refractivity contribution in [2.75, 3.05) is 13.2 Å². The molecule has 6 heteroatoms. The molecule has 1 fully saturated rings. The van der Waals surface area contributed by atoms with Crippen molar-refractivity contribution < 1.29 is 4.74 Å². The Kier molecular flexibility index (Phi) is 4.65. The van der Waals surface area contributed by atoms with E-state index >= 15 is 0 Å². The number of aromatic nitrogens is 2. The normalized spacial score (nSPS) is 18.7. The lowest BCUT2D eigenvalue weighted by Gasteiger charge is -2.21. The lowest BCUT2D eigenvalue weighted by molar-refractivity contribution is 0.0780. The third-order valence-corrected chi connectivity index (χ3v) is 4.38. The second kappa shape index (κ2) is 6.49. The number of nitrogens with zero attached hydrogens (tertiary/aromatic N) is 2. The van der Waals surface area contributed by atoms with Crippen LogP contribution in [0.25, 0.3) is 11.1 Å². The Bertz CT molecular complexity index is 634. The molecule has 21 heavy (non-hydrogen) atoms. The summed E-state index contributed by atoms with van der Waals surface area (Å²) in [7, 11) is 0. The van der Waals surface area contributed by atoms with Gasteiger partial charge in [0.2, 0.25) is 0 Å². The van der Waals surface area contributed by atoms with Crippen molar-refractivity contribution in [1.82, 2.24) is 9.97 Å². The first-order chi connectivity index (χ1) is 10.2. The van der Waals surface area contributed by atoms with Gasteiger partial charge < -0.3 is 4.74 Å². The van der Waals surface area contributed by atoms with Crippen LogP contribution in [-0.2, 0) is 4.74 Å². The van der Waals surface area contributed by atoms with Gasteiger partial charge in [0.05, 0.1) is 12.2 Å². The number of halogens is 3. The van der Waals surface area contributed by atoms with Crippen LogP contribution in [-0.4, -0.2) is 23.2 Å². The second-order valence-corrected chi connectivity index (χ2v) is 6.06. The van der Waals surface area contributed by atoms with Crippen LogP contribution in [0.2, 0.25) is 15.3 Å². The molecular weight excluding hydrogens is 331 g/mol. The Hall–Kier alpha value is -0.870. The van der Waals surface area contributed by atoms with E-state index in [0.717, 1.165) is 25.0 Å². The molecule has 0 radical (unpaired) electrons. The highest BCUT2D eigenvalue weighted by Gasteiger charge is 2.22. The van der Waals surface area contributed by atoms with Crippen LogP contribution in [0.1, 0.15) is 24.6 Å². The minimum absolute atomic E-state index is 0.147. The van der Waals surface area contributed by atoms with Gasteiger partial charge in [0, 0.05) is 23.1 Å². The fourth-order valence-electron chi connectivity index (χ4n) is 2.44. The van der Waals surface area contributed by atoms with Crippen molar-refractivity contribution in [1.29, 1.82) is 0 Å². The highest BCUT2D eigenvalue weighted by atomic mass is 35.5. The molecule has 0 amide bonds. The lowest BCUT2D eigenvalue weighted by Crippen LogP contribution is -2.18. The van der Waals surface area contributed by atoms with Crippen molar-refractivity contribution >= 4 is 34.8 Å². The maximum atomic E-state index is 6.33. The molecule has 2 aromatic rings. The molecule has 0 spiro atoms. The molecule has 1 aromatic carbocycles. The minimum atomic E-state index is 0.147. The summed E-state index contributed by atoms with van der Waals surface area (Å²) in [6.07, 6.45) is 1.98. The molecule has 0 saturated carbocycles. The SMILES string of the molecule is Clc1ccccc1-c1c(Cl)nc(C2CCCOC2)nc1Cl. The van der Waals surface area contributed by atoms with Gasteiger partial charge in [-0.15, -0.1) is 0 Å². The van der Waals surface area contributed by atoms with Gasteiger partial charge in [-0.05, 0) is 18.9 Å². The lowest BCUT2D eigenvalue weighted by atomic mass is 10.0. The molecule has 1 unspecified atom stereocenters. The summed E-state index contributed by atoms with van der Waals surface area (Å²) < 4.78 is 5.46. The van der Waals surface area contributed by atoms with Crippen LogP contribution in [0, 0.1) is 0 Å². The molecule has 0 N–H and O–H groups in total. The van der Waals surface area contributed by atoms with Crippen LogP contribution in [0.4, 0.5) is 0 Å². The zero-order valence-electron chi connectivity index (χ0n) is 11.2. The third-order valence-electron chi connectivity index (χ3n) is 3.51. The monoisotopic (exact) mass is 342 g/mol. The topological polar surface area (TPSA) is 35.0 Å². The second-order valence-electron chi connectivity index (χ2n) is 4.93. The largest absolute Gasteiger partial charge is 0.381 e. The number of hydrogen-bond donors (Lipinski definition) is 0. The van der Waals surface area contributed by atoms with E-state index < -0.39 is 0 Å². The van der Waals surface area contributed by atoms with Crippen LogP contribution in [0.3, 0.4) is 0 Å². The van der Waals surface area contributed by atoms with Gasteiger partial charge in [-0.2, -0.15) is 0 Å². The van der Waals surface area contributed by atoms with E-state index in [4.69, 9.17) is 39.5 Å². The minimum Gasteiger partial charge on any atom is -0.381 e. The van der Waals surface area contributed by atoms with E-state index in [1.165, 1.54) is 0 Å². The maximum absolute atomic E-state index is 6.33. The van der Waals surface area contributed by atoms with E-state index in [0.29, 0.717) is 33.3 Å². The third kappa shape index (κ3) is 3.16. The number of ether oxygens (including phenoxy) is 1. The van der Waals surface area contributed by atoms with Crippen LogP contribution >= 0.6 is 34.8 Å². The van der Waals surface area contributed by atoms with Crippen molar-refractivity contribution in [2.45, 2.75) is 18.8 Å². The molecule has 0 bridgehead atoms. The summed E-state index contributed by atoms with van der Waals surface area (Å²) in [4.78, 5) is 8.81. The zero-order chi connectivity index (χ0) is 14.8. The number of rotatable bonds is 2. The van der Waals surface area contributed by atoms with Gasteiger partial charge in [-0.25, -0.2) is 9.97 Å². The molecule has 3 rings (SSSR count). The number of hydrogen-bond acceptors (Lipinski definition) is 3. The Morgan fingerprint density at radius 1 is 1.05 bits per heavy atom. The van der Waals surface area contributed by atoms with E-state index in [2.05, 4.69) is 9.97 Å². The molecule has 110 valence electrons. The van der Waals surface area contributed by atoms with Crippen molar-refractivity contribution in [3.05, 3.63) is 45.4 Å². The van der Waals surface area contributed by atoms with Crippen LogP contribution in [0.5, 0.6) is 0 Å². The maximum Gasteiger partial charge on any atom is 0.142 e. The van der Waals surface area contributed by atoms with E-state index in [1.54, 1.807) is 6.07 Å². The predicted molar refractivity (Wildman–Crippen MR) is 85.3 cm³/mol. The highest BCUT2D eigenvalue weighted by Crippen LogP contribution is 2.37. The Morgan fingerprint density at radius 2 is 1.76 bits per heavy atom. The van der Waals surface area contributed by atoms with Gasteiger partial charge in [0.1, 0.15) is 16.1 Å². The van der Waals surface area contributed by atoms with Crippen molar-refractivity contribution in [3.8, 4) is 11.1 Å². The molecule has 3 nitrogen and oxygen atoms in total. The Labute approximate surface area is 138 Å². The molecule has 1 aliphatic rings. The molecule has 1 atom stereocenters. The first-order valence-corrected chi connectivity index (χ1v) is 7.86. The molecule has 2 heterocycles. The summed E-state index contributed by atoms with van der Waals surface area (Å²) >= 11 is 18.8. The fourth-order valence-corrected chi connectivity index (χ4v) is 3.27. The molecule has 1 saturated heterocycles. The predicted octanol–water partition coefficient (Wildman–Crippen LogP) is 5.00. The average Bonchev–Trinajstić information content (AvgIpc) is 2.49. The molecule has 1 aliphatic heterocycles. The smallest absolute Gasteiger partial charge is 0.142 e. The molecule has 0 aliphatic carbocycles. The van der Waals surface area contributed by atoms with E-state index in [-0.39, 0.29) is 5.92 Å². The van der Waals surface area contributed by atoms with Gasteiger partial charge in [0.15, 0.2) is 0 Å². The van der Waals surface area contributed by atoms with Gasteiger partial charge in [-0.3, -0.25) is 0 Å². The summed E-state index contributed by atoms with van der Waals surface area (Å²) in [5, 5.41) is 1.21. The first kappa shape index (κ1) is 15.0. The van der Waals surface area contributed by atoms with Gasteiger partial charge in [0.25, 0.3) is 0 Å². The van der Waals surface area contributed by atoms with Gasteiger partial charge >= 0.3 is 0 Å². The van der Waals surface area contributed by atoms with Crippen molar-refractivity contribution in [3.63, 3.8) is 0 Å². The summed E-state index contributed by atoms with van der Waals surface area (Å²) in [6, 6.07) is 7.35. The quantitative estimate of drug-likeness (QED) is 0.720. The summed E-state index contributed by atoms with van der Waals surface area (Å²) in [5.41, 5.74) is 1.31. The Balaban J connectivity index is 2.02. The molecule has 1 aromatic heterocycles. The van der Waals surface area contributed by atoms with E-state index in [9.17, 15) is 0 Å². The summed E-state index contributed by atoms with van der Waals surface area (Å²) in [6.45, 7) is 1.40. The van der Waals surface area contributed by atoms with Crippen LogP contribution < -0.4 is 0 Å². The molecular formula is C15H13Cl3N2O. The standard InChI is InChI=1S/C15H13Cl3N2O/c16-11-6-2-1-5-10(11)12-13(17)19-15(20-14(12)18)9-4-3-7-21-8-9/h1-2,5-6,9H,3-4,7-8H2. The number of benzene rings is 1. The average molecular weight is 344 g/mol.